The summed E-state index contributed by atoms with van der Waals surface area (Å²) in [5.41, 5.74) is -4.42. The van der Waals surface area contributed by atoms with E-state index in [0.29, 0.717) is 0 Å². The summed E-state index contributed by atoms with van der Waals surface area (Å²) in [5, 5.41) is 11.1. The second kappa shape index (κ2) is 14.8. The van der Waals surface area contributed by atoms with Crippen molar-refractivity contribution in [1.29, 1.82) is 0 Å². The van der Waals surface area contributed by atoms with Gasteiger partial charge in [-0.1, -0.05) is 30.3 Å². The molecule has 0 aliphatic carbocycles. The standard InChI is InChI=1S/C39H16F10O6/c40-26-24(27(41)31(45)34(48)30(26)44)37(51)17-6-10-20(11-7-17)54-22-14-19(36(50)16-4-2-1-3-5-16)15-23(39(22)53)55-21-12-8-18(9-13-21)38(52)25-28(42)32(46)35(49)33(47)29(25)43/h1-15,53H. The highest BCUT2D eigenvalue weighted by Gasteiger charge is 2.32. The van der Waals surface area contributed by atoms with Gasteiger partial charge in [-0.2, -0.15) is 0 Å². The lowest BCUT2D eigenvalue weighted by Gasteiger charge is -2.15. The second-order valence-electron chi connectivity index (χ2n) is 11.3. The third-order valence-electron chi connectivity index (χ3n) is 7.90. The highest BCUT2D eigenvalue weighted by Crippen LogP contribution is 2.42. The Morgan fingerprint density at radius 1 is 0.382 bits per heavy atom. The molecule has 0 radical (unpaired) electrons. The third kappa shape index (κ3) is 6.96. The van der Waals surface area contributed by atoms with Crippen LogP contribution in [-0.2, 0) is 0 Å². The molecular formula is C39H16F10O6. The third-order valence-corrected chi connectivity index (χ3v) is 7.90. The summed E-state index contributed by atoms with van der Waals surface area (Å²) in [6.07, 6.45) is 0. The van der Waals surface area contributed by atoms with E-state index in [-0.39, 0.29) is 22.6 Å². The summed E-state index contributed by atoms with van der Waals surface area (Å²) < 4.78 is 150. The van der Waals surface area contributed by atoms with Gasteiger partial charge in [-0.25, -0.2) is 43.9 Å². The van der Waals surface area contributed by atoms with Crippen LogP contribution in [0.15, 0.2) is 91.0 Å². The van der Waals surface area contributed by atoms with E-state index < -0.39 is 115 Å². The van der Waals surface area contributed by atoms with E-state index in [9.17, 15) is 63.4 Å². The van der Waals surface area contributed by atoms with Gasteiger partial charge >= 0.3 is 0 Å². The fourth-order valence-corrected chi connectivity index (χ4v) is 5.12. The largest absolute Gasteiger partial charge is 0.502 e. The topological polar surface area (TPSA) is 89.9 Å². The molecule has 0 atom stereocenters. The molecule has 0 fully saturated rings. The number of carbonyl (C=O) groups is 3. The number of halogens is 10. The number of ether oxygens (including phenoxy) is 2. The lowest BCUT2D eigenvalue weighted by atomic mass is 10.0. The SMILES string of the molecule is O=C(c1ccccc1)c1cc(Oc2ccc(C(=O)c3c(F)c(F)c(F)c(F)c3F)cc2)c(O)c(Oc2ccc(C(=O)c3c(F)c(F)c(F)c(F)c3F)cc2)c1. The molecule has 16 heteroatoms. The molecule has 6 nitrogen and oxygen atoms in total. The quantitative estimate of drug-likeness (QED) is 0.0646. The molecular weight excluding hydrogens is 754 g/mol. The fraction of sp³-hybridized carbons (Fsp3) is 0. The van der Waals surface area contributed by atoms with Crippen LogP contribution < -0.4 is 9.47 Å². The number of carbonyl (C=O) groups excluding carboxylic acids is 3. The summed E-state index contributed by atoms with van der Waals surface area (Å²) in [7, 11) is 0. The number of hydrogen-bond acceptors (Lipinski definition) is 6. The smallest absolute Gasteiger partial charge is 0.202 e. The monoisotopic (exact) mass is 770 g/mol. The zero-order chi connectivity index (χ0) is 39.9. The van der Waals surface area contributed by atoms with Crippen molar-refractivity contribution in [3.05, 3.63) is 183 Å². The number of aromatic hydroxyl groups is 1. The maximum Gasteiger partial charge on any atom is 0.202 e. The lowest BCUT2D eigenvalue weighted by molar-refractivity contribution is 0.101. The summed E-state index contributed by atoms with van der Waals surface area (Å²) in [5.74, 6) is -29.3. The van der Waals surface area contributed by atoms with Gasteiger partial charge in [-0.05, 0) is 60.7 Å². The Kier molecular flexibility index (Phi) is 10.2. The van der Waals surface area contributed by atoms with E-state index in [0.717, 1.165) is 60.7 Å². The summed E-state index contributed by atoms with van der Waals surface area (Å²) in [6.45, 7) is 0. The second-order valence-corrected chi connectivity index (χ2v) is 11.3. The number of phenols is 1. The van der Waals surface area contributed by atoms with Gasteiger partial charge in [0.1, 0.15) is 22.6 Å². The summed E-state index contributed by atoms with van der Waals surface area (Å²) >= 11 is 0. The minimum Gasteiger partial charge on any atom is -0.502 e. The van der Waals surface area contributed by atoms with Gasteiger partial charge in [0.2, 0.25) is 17.4 Å². The Morgan fingerprint density at radius 3 is 1.04 bits per heavy atom. The van der Waals surface area contributed by atoms with Gasteiger partial charge in [0.15, 0.2) is 75.4 Å². The number of benzene rings is 6. The van der Waals surface area contributed by atoms with Gasteiger partial charge < -0.3 is 14.6 Å². The Labute approximate surface area is 301 Å². The first-order valence-corrected chi connectivity index (χ1v) is 15.3. The van der Waals surface area contributed by atoms with Crippen LogP contribution in [0.4, 0.5) is 43.9 Å². The average molecular weight is 771 g/mol. The Balaban J connectivity index is 1.31. The zero-order valence-corrected chi connectivity index (χ0v) is 26.9. The van der Waals surface area contributed by atoms with Crippen LogP contribution in [0.5, 0.6) is 28.7 Å². The normalized spacial score (nSPS) is 11.0. The van der Waals surface area contributed by atoms with Crippen molar-refractivity contribution in [3.63, 3.8) is 0 Å². The molecule has 0 amide bonds. The molecule has 0 aromatic heterocycles. The van der Waals surface area contributed by atoms with Crippen molar-refractivity contribution >= 4 is 17.3 Å². The van der Waals surface area contributed by atoms with Crippen LogP contribution in [0, 0.1) is 58.2 Å². The first-order valence-electron chi connectivity index (χ1n) is 15.3. The molecule has 278 valence electrons. The van der Waals surface area contributed by atoms with Gasteiger partial charge in [0, 0.05) is 22.3 Å². The molecule has 0 unspecified atom stereocenters. The Bertz CT molecular complexity index is 2340. The molecule has 0 aliphatic heterocycles. The van der Waals surface area contributed by atoms with Gasteiger partial charge in [-0.3, -0.25) is 14.4 Å². The average Bonchev–Trinajstić information content (AvgIpc) is 3.19. The number of rotatable bonds is 10. The van der Waals surface area contributed by atoms with E-state index >= 15 is 0 Å². The maximum absolute atomic E-state index is 14.3. The van der Waals surface area contributed by atoms with E-state index in [1.165, 1.54) is 12.1 Å². The van der Waals surface area contributed by atoms with E-state index in [4.69, 9.17) is 9.47 Å². The molecule has 0 saturated carbocycles. The van der Waals surface area contributed by atoms with Crippen LogP contribution in [0.2, 0.25) is 0 Å². The minimum absolute atomic E-state index is 0.134. The minimum atomic E-state index is -2.45. The highest BCUT2D eigenvalue weighted by molar-refractivity contribution is 6.11. The van der Waals surface area contributed by atoms with Crippen LogP contribution in [-0.4, -0.2) is 22.5 Å². The molecule has 0 spiro atoms. The molecule has 0 aliphatic rings. The van der Waals surface area contributed by atoms with Crippen molar-refractivity contribution in [3.8, 4) is 28.7 Å². The Morgan fingerprint density at radius 2 is 0.691 bits per heavy atom. The molecule has 6 aromatic rings. The van der Waals surface area contributed by atoms with Crippen molar-refractivity contribution < 1.29 is 72.9 Å². The Hall–Kier alpha value is -6.97. The van der Waals surface area contributed by atoms with Crippen molar-refractivity contribution in [2.24, 2.45) is 0 Å². The van der Waals surface area contributed by atoms with Crippen LogP contribution in [0.1, 0.15) is 47.8 Å². The van der Waals surface area contributed by atoms with Crippen molar-refractivity contribution in [2.45, 2.75) is 0 Å². The molecule has 1 N–H and O–H groups in total. The van der Waals surface area contributed by atoms with E-state index in [1.807, 2.05) is 0 Å². The molecule has 0 heterocycles. The van der Waals surface area contributed by atoms with E-state index in [2.05, 4.69) is 0 Å². The van der Waals surface area contributed by atoms with Gasteiger partial charge in [-0.15, -0.1) is 0 Å². The van der Waals surface area contributed by atoms with Crippen LogP contribution in [0.25, 0.3) is 0 Å². The molecule has 55 heavy (non-hydrogen) atoms. The van der Waals surface area contributed by atoms with Crippen molar-refractivity contribution in [2.75, 3.05) is 0 Å². The molecule has 6 rings (SSSR count). The van der Waals surface area contributed by atoms with Crippen LogP contribution in [0.3, 0.4) is 0 Å². The predicted octanol–water partition coefficient (Wildman–Crippen LogP) is 10.1. The lowest BCUT2D eigenvalue weighted by Crippen LogP contribution is -2.13. The van der Waals surface area contributed by atoms with Gasteiger partial charge in [0.25, 0.3) is 0 Å². The van der Waals surface area contributed by atoms with Crippen LogP contribution >= 0.6 is 0 Å². The summed E-state index contributed by atoms with van der Waals surface area (Å²) in [4.78, 5) is 38.8. The highest BCUT2D eigenvalue weighted by atomic mass is 19.2. The maximum atomic E-state index is 14.3. The predicted molar refractivity (Wildman–Crippen MR) is 170 cm³/mol. The number of ketones is 3. The number of phenolic OH excluding ortho intramolecular Hbond substituents is 1. The fourth-order valence-electron chi connectivity index (χ4n) is 5.12. The van der Waals surface area contributed by atoms with Gasteiger partial charge in [0.05, 0.1) is 0 Å². The first kappa shape index (κ1) is 37.8. The number of hydrogen-bond donors (Lipinski definition) is 1. The molecule has 0 saturated heterocycles. The zero-order valence-electron chi connectivity index (χ0n) is 26.9. The first-order chi connectivity index (χ1) is 26.1. The molecule has 0 bridgehead atoms. The molecule has 6 aromatic carbocycles. The summed E-state index contributed by atoms with van der Waals surface area (Å²) in [6, 6.07) is 17.7. The van der Waals surface area contributed by atoms with E-state index in [1.54, 1.807) is 18.2 Å². The van der Waals surface area contributed by atoms with Crippen molar-refractivity contribution in [1.82, 2.24) is 0 Å².